The molecular formula is C15H23N3. The van der Waals surface area contributed by atoms with Gasteiger partial charge in [0.2, 0.25) is 0 Å². The van der Waals surface area contributed by atoms with Crippen LogP contribution in [-0.2, 0) is 0 Å². The van der Waals surface area contributed by atoms with Crippen LogP contribution in [0.2, 0.25) is 0 Å². The number of aliphatic imine (C=N–C) groups is 2. The smallest absolute Gasteiger partial charge is 0.0584 e. The Morgan fingerprint density at radius 3 is 2.28 bits per heavy atom. The average Bonchev–Trinajstić information content (AvgIpc) is 2.38. The average molecular weight is 245 g/mol. The van der Waals surface area contributed by atoms with Gasteiger partial charge in [0, 0.05) is 18.9 Å². The summed E-state index contributed by atoms with van der Waals surface area (Å²) in [5, 5.41) is 0. The number of hydrogen-bond donors (Lipinski definition) is 1. The first-order valence-corrected chi connectivity index (χ1v) is 5.97. The number of hydrogen-bond acceptors (Lipinski definition) is 3. The molecular weight excluding hydrogens is 222 g/mol. The van der Waals surface area contributed by atoms with E-state index in [-0.39, 0.29) is 0 Å². The molecule has 0 spiro atoms. The quantitative estimate of drug-likeness (QED) is 0.565. The van der Waals surface area contributed by atoms with E-state index in [1.54, 1.807) is 12.3 Å². The number of allylic oxidation sites excluding steroid dienone is 4. The first-order chi connectivity index (χ1) is 8.56. The van der Waals surface area contributed by atoms with Crippen molar-refractivity contribution in [2.75, 3.05) is 6.54 Å². The molecule has 0 aromatic heterocycles. The fourth-order valence-corrected chi connectivity index (χ4v) is 1.17. The molecule has 0 amide bonds. The third kappa shape index (κ3) is 6.11. The Balaban J connectivity index is 4.99. The van der Waals surface area contributed by atoms with Crippen molar-refractivity contribution in [2.45, 2.75) is 27.7 Å². The normalized spacial score (nSPS) is 15.4. The fourth-order valence-electron chi connectivity index (χ4n) is 1.17. The first kappa shape index (κ1) is 16.3. The summed E-state index contributed by atoms with van der Waals surface area (Å²) < 4.78 is 0. The molecule has 0 heterocycles. The van der Waals surface area contributed by atoms with Crippen LogP contribution in [0, 0.1) is 0 Å². The van der Waals surface area contributed by atoms with Gasteiger partial charge in [0.1, 0.15) is 0 Å². The first-order valence-electron chi connectivity index (χ1n) is 5.97. The van der Waals surface area contributed by atoms with Gasteiger partial charge in [0.05, 0.1) is 11.4 Å². The molecule has 0 rings (SSSR count). The Bertz CT molecular complexity index is 421. The van der Waals surface area contributed by atoms with Crippen molar-refractivity contribution in [3.8, 4) is 0 Å². The summed E-state index contributed by atoms with van der Waals surface area (Å²) in [6.07, 6.45) is 9.16. The minimum absolute atomic E-state index is 0.497. The van der Waals surface area contributed by atoms with Crippen LogP contribution in [0.4, 0.5) is 0 Å². The van der Waals surface area contributed by atoms with Gasteiger partial charge < -0.3 is 5.73 Å². The molecule has 0 aliphatic heterocycles. The van der Waals surface area contributed by atoms with Crippen LogP contribution < -0.4 is 5.73 Å². The zero-order valence-electron chi connectivity index (χ0n) is 11.8. The van der Waals surface area contributed by atoms with E-state index in [1.807, 2.05) is 46.0 Å². The topological polar surface area (TPSA) is 50.7 Å². The summed E-state index contributed by atoms with van der Waals surface area (Å²) in [5.41, 5.74) is 9.33. The van der Waals surface area contributed by atoms with Gasteiger partial charge in [0.15, 0.2) is 0 Å². The Kier molecular flexibility index (Phi) is 8.41. The number of rotatable bonds is 6. The second-order valence-electron chi connectivity index (χ2n) is 3.82. The van der Waals surface area contributed by atoms with Crippen molar-refractivity contribution in [1.29, 1.82) is 0 Å². The van der Waals surface area contributed by atoms with Gasteiger partial charge in [-0.25, -0.2) is 0 Å². The van der Waals surface area contributed by atoms with E-state index in [9.17, 15) is 0 Å². The van der Waals surface area contributed by atoms with Gasteiger partial charge >= 0.3 is 0 Å². The fraction of sp³-hybridized carbons (Fsp3) is 0.333. The third-order valence-electron chi connectivity index (χ3n) is 2.41. The van der Waals surface area contributed by atoms with E-state index >= 15 is 0 Å². The summed E-state index contributed by atoms with van der Waals surface area (Å²) in [6.45, 7) is 12.0. The highest BCUT2D eigenvalue weighted by Gasteiger charge is 1.96. The minimum atomic E-state index is 0.497. The highest BCUT2D eigenvalue weighted by atomic mass is 14.8. The van der Waals surface area contributed by atoms with E-state index in [2.05, 4.69) is 16.6 Å². The van der Waals surface area contributed by atoms with E-state index in [1.165, 1.54) is 0 Å². The molecule has 0 saturated heterocycles. The molecule has 0 unspecified atom stereocenters. The molecule has 98 valence electrons. The number of nitrogens with zero attached hydrogens (tertiary/aromatic N) is 2. The Morgan fingerprint density at radius 1 is 1.17 bits per heavy atom. The third-order valence-corrected chi connectivity index (χ3v) is 2.41. The van der Waals surface area contributed by atoms with Crippen molar-refractivity contribution in [3.05, 3.63) is 48.4 Å². The molecule has 0 aromatic carbocycles. The molecule has 0 aromatic rings. The van der Waals surface area contributed by atoms with Crippen molar-refractivity contribution >= 4 is 11.4 Å². The van der Waals surface area contributed by atoms with Gasteiger partial charge in [-0.1, -0.05) is 24.8 Å². The molecule has 0 saturated carbocycles. The van der Waals surface area contributed by atoms with Crippen molar-refractivity contribution in [2.24, 2.45) is 15.7 Å². The van der Waals surface area contributed by atoms with Crippen molar-refractivity contribution < 1.29 is 0 Å². The number of nitrogens with two attached hydrogens (primary N) is 1. The predicted molar refractivity (Wildman–Crippen MR) is 82.1 cm³/mol. The standard InChI is InChI=1S/C15H23N3/c1-6-10-17-13(4)14(5)18-11-12(3)15(7-2)8-9-16/h6-8,10-11H,2,9,16H2,1,3-5H3/b10-6-,12-11+,15-8+,17-13?,18-14?. The zero-order chi connectivity index (χ0) is 14.0. The van der Waals surface area contributed by atoms with E-state index in [0.29, 0.717) is 6.54 Å². The maximum atomic E-state index is 5.49. The van der Waals surface area contributed by atoms with Crippen molar-refractivity contribution in [1.82, 2.24) is 0 Å². The molecule has 3 nitrogen and oxygen atoms in total. The maximum absolute atomic E-state index is 5.49. The van der Waals surface area contributed by atoms with E-state index in [4.69, 9.17) is 5.73 Å². The summed E-state index contributed by atoms with van der Waals surface area (Å²) >= 11 is 0. The van der Waals surface area contributed by atoms with Crippen LogP contribution in [0.1, 0.15) is 27.7 Å². The second kappa shape index (κ2) is 9.31. The van der Waals surface area contributed by atoms with Crippen molar-refractivity contribution in [3.63, 3.8) is 0 Å². The lowest BCUT2D eigenvalue weighted by atomic mass is 10.1. The van der Waals surface area contributed by atoms with Gasteiger partial charge in [-0.15, -0.1) is 0 Å². The Labute approximate surface area is 110 Å². The SMILES string of the molecule is C=CC(=C\CN)/C(C)=C/N=C(C)C(C)=N/C=C\C. The lowest BCUT2D eigenvalue weighted by Gasteiger charge is -2.01. The van der Waals surface area contributed by atoms with Gasteiger partial charge in [-0.2, -0.15) is 0 Å². The molecule has 18 heavy (non-hydrogen) atoms. The molecule has 0 atom stereocenters. The Morgan fingerprint density at radius 2 is 1.78 bits per heavy atom. The van der Waals surface area contributed by atoms with E-state index in [0.717, 1.165) is 22.6 Å². The molecule has 2 N–H and O–H groups in total. The predicted octanol–water partition coefficient (Wildman–Crippen LogP) is 3.42. The van der Waals surface area contributed by atoms with Crippen LogP contribution in [0.25, 0.3) is 0 Å². The summed E-state index contributed by atoms with van der Waals surface area (Å²) in [7, 11) is 0. The van der Waals surface area contributed by atoms with Gasteiger partial charge in [-0.05, 0) is 38.8 Å². The largest absolute Gasteiger partial charge is 0.327 e. The maximum Gasteiger partial charge on any atom is 0.0584 e. The summed E-state index contributed by atoms with van der Waals surface area (Å²) in [5.74, 6) is 0. The van der Waals surface area contributed by atoms with Crippen LogP contribution in [0.3, 0.4) is 0 Å². The summed E-state index contributed by atoms with van der Waals surface area (Å²) in [4.78, 5) is 8.63. The zero-order valence-corrected chi connectivity index (χ0v) is 11.8. The molecule has 0 fully saturated rings. The van der Waals surface area contributed by atoms with Gasteiger partial charge in [0.25, 0.3) is 0 Å². The Hall–Kier alpha value is -1.74. The monoisotopic (exact) mass is 245 g/mol. The molecule has 0 bridgehead atoms. The highest BCUT2D eigenvalue weighted by molar-refractivity contribution is 6.40. The van der Waals surface area contributed by atoms with Crippen LogP contribution in [-0.4, -0.2) is 18.0 Å². The van der Waals surface area contributed by atoms with Crippen LogP contribution >= 0.6 is 0 Å². The van der Waals surface area contributed by atoms with Gasteiger partial charge in [-0.3, -0.25) is 9.98 Å². The molecule has 0 aliphatic carbocycles. The minimum Gasteiger partial charge on any atom is -0.327 e. The molecule has 0 radical (unpaired) electrons. The summed E-state index contributed by atoms with van der Waals surface area (Å²) in [6, 6.07) is 0. The second-order valence-corrected chi connectivity index (χ2v) is 3.82. The lowest BCUT2D eigenvalue weighted by molar-refractivity contribution is 1.22. The van der Waals surface area contributed by atoms with E-state index < -0.39 is 0 Å². The van der Waals surface area contributed by atoms with Crippen LogP contribution in [0.15, 0.2) is 58.3 Å². The molecule has 0 aliphatic rings. The lowest BCUT2D eigenvalue weighted by Crippen LogP contribution is -2.04. The molecule has 3 heteroatoms. The van der Waals surface area contributed by atoms with Crippen LogP contribution in [0.5, 0.6) is 0 Å². The highest BCUT2D eigenvalue weighted by Crippen LogP contribution is 2.09.